The number of benzene rings is 2. The van der Waals surface area contributed by atoms with E-state index in [4.69, 9.17) is 16.1 Å². The lowest BCUT2D eigenvalue weighted by molar-refractivity contribution is -0.116. The predicted octanol–water partition coefficient (Wildman–Crippen LogP) is 4.78. The van der Waals surface area contributed by atoms with E-state index in [1.54, 1.807) is 43.3 Å². The molecule has 0 atom stereocenters. The molecule has 0 aliphatic heterocycles. The molecule has 0 aliphatic rings. The highest BCUT2D eigenvalue weighted by Crippen LogP contribution is 2.35. The van der Waals surface area contributed by atoms with E-state index in [1.807, 2.05) is 18.2 Å². The number of nitrogens with one attached hydrogen (secondary N) is 1. The van der Waals surface area contributed by atoms with E-state index >= 15 is 0 Å². The van der Waals surface area contributed by atoms with E-state index in [0.717, 1.165) is 5.56 Å². The Balaban J connectivity index is 1.45. The van der Waals surface area contributed by atoms with Crippen molar-refractivity contribution < 1.29 is 9.32 Å². The molecule has 5 aromatic rings. The summed E-state index contributed by atoms with van der Waals surface area (Å²) in [6, 6.07) is 16.2. The number of hydrogen-bond donors (Lipinski definition) is 1. The Bertz CT molecular complexity index is 1520. The van der Waals surface area contributed by atoms with Gasteiger partial charge in [-0.25, -0.2) is 4.98 Å². The smallest absolute Gasteiger partial charge is 0.268 e. The molecule has 0 saturated carbocycles. The quantitative estimate of drug-likeness (QED) is 0.391. The van der Waals surface area contributed by atoms with Crippen molar-refractivity contribution in [3.8, 4) is 22.2 Å². The van der Waals surface area contributed by atoms with Crippen LogP contribution >= 0.6 is 22.9 Å². The van der Waals surface area contributed by atoms with E-state index in [-0.39, 0.29) is 18.0 Å². The van der Waals surface area contributed by atoms with Crippen molar-refractivity contribution in [1.82, 2.24) is 19.7 Å². The van der Waals surface area contributed by atoms with E-state index in [9.17, 15) is 9.59 Å². The van der Waals surface area contributed by atoms with Crippen LogP contribution in [0.4, 0.5) is 5.69 Å². The summed E-state index contributed by atoms with van der Waals surface area (Å²) in [7, 11) is 0. The average molecular weight is 478 g/mol. The summed E-state index contributed by atoms with van der Waals surface area (Å²) in [6.07, 6.45) is 1.38. The lowest BCUT2D eigenvalue weighted by atomic mass is 10.2. The van der Waals surface area contributed by atoms with Gasteiger partial charge in [-0.05, 0) is 48.9 Å². The molecule has 0 aliphatic carbocycles. The van der Waals surface area contributed by atoms with Crippen molar-refractivity contribution >= 4 is 44.7 Å². The van der Waals surface area contributed by atoms with Crippen molar-refractivity contribution in [3.63, 3.8) is 0 Å². The number of thiophene rings is 1. The zero-order valence-electron chi connectivity index (χ0n) is 17.3. The molecule has 0 radical (unpaired) electrons. The van der Waals surface area contributed by atoms with E-state index in [1.165, 1.54) is 22.2 Å². The Morgan fingerprint density at radius 1 is 1.15 bits per heavy atom. The standard InChI is InChI=1S/C23H16ClN5O3S/c1-13-18-22(25-12-29(23(18)31)11-17(30)26-16-5-3-2-4-6-16)33-19(13)21-27-20(28-32-21)14-7-9-15(24)10-8-14/h2-10,12H,11H2,1H3,(H,26,30). The number of amides is 1. The van der Waals surface area contributed by atoms with Gasteiger partial charge in [-0.15, -0.1) is 11.3 Å². The number of anilines is 1. The molecule has 0 spiro atoms. The van der Waals surface area contributed by atoms with Gasteiger partial charge in [0.15, 0.2) is 0 Å². The molecule has 1 amide bonds. The van der Waals surface area contributed by atoms with Gasteiger partial charge in [-0.3, -0.25) is 14.2 Å². The maximum atomic E-state index is 13.1. The fourth-order valence-electron chi connectivity index (χ4n) is 3.38. The number of carbonyl (C=O) groups excluding carboxylic acids is 1. The number of fused-ring (bicyclic) bond motifs is 1. The van der Waals surface area contributed by atoms with Gasteiger partial charge in [0, 0.05) is 16.3 Å². The van der Waals surface area contributed by atoms with Gasteiger partial charge in [0.2, 0.25) is 11.7 Å². The Labute approximate surface area is 196 Å². The molecule has 5 rings (SSSR count). The summed E-state index contributed by atoms with van der Waals surface area (Å²) in [5, 5.41) is 7.85. The number of rotatable bonds is 5. The van der Waals surface area contributed by atoms with Crippen LogP contribution in [0.5, 0.6) is 0 Å². The molecule has 164 valence electrons. The van der Waals surface area contributed by atoms with Crippen LogP contribution in [-0.2, 0) is 11.3 Å². The fraction of sp³-hybridized carbons (Fsp3) is 0.0870. The minimum atomic E-state index is -0.318. The van der Waals surface area contributed by atoms with Crippen molar-refractivity contribution in [2.75, 3.05) is 5.32 Å². The topological polar surface area (TPSA) is 103 Å². The maximum Gasteiger partial charge on any atom is 0.268 e. The van der Waals surface area contributed by atoms with Crippen LogP contribution in [0, 0.1) is 6.92 Å². The largest absolute Gasteiger partial charge is 0.333 e. The van der Waals surface area contributed by atoms with E-state index in [2.05, 4.69) is 20.4 Å². The van der Waals surface area contributed by atoms with E-state index < -0.39 is 0 Å². The highest BCUT2D eigenvalue weighted by atomic mass is 35.5. The van der Waals surface area contributed by atoms with Gasteiger partial charge in [-0.2, -0.15) is 4.98 Å². The highest BCUT2D eigenvalue weighted by Gasteiger charge is 2.21. The van der Waals surface area contributed by atoms with Crippen LogP contribution in [-0.4, -0.2) is 25.6 Å². The molecule has 1 N–H and O–H groups in total. The molecule has 2 aromatic carbocycles. The number of hydrogen-bond acceptors (Lipinski definition) is 7. The van der Waals surface area contributed by atoms with Crippen LogP contribution in [0.1, 0.15) is 5.56 Å². The summed E-state index contributed by atoms with van der Waals surface area (Å²) in [5.74, 6) is 0.400. The number of carbonyl (C=O) groups is 1. The van der Waals surface area contributed by atoms with Crippen LogP contribution in [0.15, 0.2) is 70.2 Å². The normalized spacial score (nSPS) is 11.1. The monoisotopic (exact) mass is 477 g/mol. The number of nitrogens with zero attached hydrogens (tertiary/aromatic N) is 4. The zero-order chi connectivity index (χ0) is 22.9. The van der Waals surface area contributed by atoms with Crippen molar-refractivity contribution in [2.45, 2.75) is 13.5 Å². The van der Waals surface area contributed by atoms with Gasteiger partial charge in [0.05, 0.1) is 16.6 Å². The number of aromatic nitrogens is 4. The molecule has 3 heterocycles. The molecule has 0 unspecified atom stereocenters. The second-order valence-electron chi connectivity index (χ2n) is 7.26. The van der Waals surface area contributed by atoms with Gasteiger partial charge >= 0.3 is 0 Å². The van der Waals surface area contributed by atoms with Crippen LogP contribution in [0.3, 0.4) is 0 Å². The molecule has 10 heteroatoms. The first-order valence-electron chi connectivity index (χ1n) is 9.93. The highest BCUT2D eigenvalue weighted by molar-refractivity contribution is 7.22. The molecule has 33 heavy (non-hydrogen) atoms. The second-order valence-corrected chi connectivity index (χ2v) is 8.69. The average Bonchev–Trinajstić information content (AvgIpc) is 3.42. The second kappa shape index (κ2) is 8.61. The number of aryl methyl sites for hydroxylation is 1. The maximum absolute atomic E-state index is 13.1. The molecule has 0 saturated heterocycles. The predicted molar refractivity (Wildman–Crippen MR) is 127 cm³/mol. The first kappa shape index (κ1) is 21.0. The minimum Gasteiger partial charge on any atom is -0.333 e. The molecular weight excluding hydrogens is 462 g/mol. The lowest BCUT2D eigenvalue weighted by Gasteiger charge is -2.07. The Morgan fingerprint density at radius 2 is 1.91 bits per heavy atom. The van der Waals surface area contributed by atoms with Crippen LogP contribution in [0.2, 0.25) is 5.02 Å². The summed E-state index contributed by atoms with van der Waals surface area (Å²) >= 11 is 7.23. The number of para-hydroxylation sites is 1. The molecule has 8 nitrogen and oxygen atoms in total. The zero-order valence-corrected chi connectivity index (χ0v) is 18.9. The van der Waals surface area contributed by atoms with Crippen molar-refractivity contribution in [2.24, 2.45) is 0 Å². The summed E-state index contributed by atoms with van der Waals surface area (Å²) in [6.45, 7) is 1.65. The third-order valence-corrected chi connectivity index (χ3v) is 6.45. The molecule has 0 bridgehead atoms. The summed E-state index contributed by atoms with van der Waals surface area (Å²) < 4.78 is 6.75. The fourth-order valence-corrected chi connectivity index (χ4v) is 4.57. The minimum absolute atomic E-state index is 0.150. The summed E-state index contributed by atoms with van der Waals surface area (Å²) in [4.78, 5) is 35.6. The lowest BCUT2D eigenvalue weighted by Crippen LogP contribution is -2.27. The summed E-state index contributed by atoms with van der Waals surface area (Å²) in [5.41, 5.74) is 1.79. The Hall–Kier alpha value is -3.82. The molecule has 0 fully saturated rings. The van der Waals surface area contributed by atoms with Gasteiger partial charge < -0.3 is 9.84 Å². The van der Waals surface area contributed by atoms with Crippen LogP contribution < -0.4 is 10.9 Å². The van der Waals surface area contributed by atoms with Crippen LogP contribution in [0.25, 0.3) is 32.4 Å². The van der Waals surface area contributed by atoms with E-state index in [0.29, 0.717) is 43.1 Å². The first-order valence-corrected chi connectivity index (χ1v) is 11.1. The van der Waals surface area contributed by atoms with Crippen molar-refractivity contribution in [3.05, 3.63) is 81.9 Å². The molecular formula is C23H16ClN5O3S. The third kappa shape index (κ3) is 4.15. The molecule has 3 aromatic heterocycles. The van der Waals surface area contributed by atoms with Crippen molar-refractivity contribution in [1.29, 1.82) is 0 Å². The Kier molecular flexibility index (Phi) is 5.49. The van der Waals surface area contributed by atoms with Gasteiger partial charge in [0.25, 0.3) is 11.4 Å². The third-order valence-electron chi connectivity index (χ3n) is 5.01. The first-order chi connectivity index (χ1) is 16.0. The van der Waals surface area contributed by atoms with Gasteiger partial charge in [0.1, 0.15) is 11.4 Å². The SMILES string of the molecule is Cc1c(-c2nc(-c3ccc(Cl)cc3)no2)sc2ncn(CC(=O)Nc3ccccc3)c(=O)c12. The van der Waals surface area contributed by atoms with Gasteiger partial charge in [-0.1, -0.05) is 35.0 Å². The Morgan fingerprint density at radius 3 is 2.67 bits per heavy atom. The number of halogens is 1.